The predicted octanol–water partition coefficient (Wildman–Crippen LogP) is 2.71. The van der Waals surface area contributed by atoms with Gasteiger partial charge in [-0.15, -0.1) is 0 Å². The van der Waals surface area contributed by atoms with E-state index in [0.29, 0.717) is 32.5 Å². The number of piperidine rings is 1. The minimum absolute atomic E-state index is 0.0122. The normalized spacial score (nSPS) is 20.4. The monoisotopic (exact) mass is 343 g/mol. The fourth-order valence-corrected chi connectivity index (χ4v) is 4.32. The zero-order valence-electron chi connectivity index (χ0n) is 15.1. The highest BCUT2D eigenvalue weighted by molar-refractivity contribution is 5.78. The molecule has 136 valence electrons. The standard InChI is InChI=1S/C20H29N3O2/c1-15-5-4-6-17(13-15)20(9-2-3-10-20)14-22-19(25)23-11-7-16(8-12-23)18(21)24/h4-6,13,16H,2-3,7-12,14H2,1H3,(H2,21,24)(H,22,25). The van der Waals surface area contributed by atoms with Gasteiger partial charge < -0.3 is 16.0 Å². The Bertz CT molecular complexity index is 630. The maximum absolute atomic E-state index is 12.6. The highest BCUT2D eigenvalue weighted by Crippen LogP contribution is 2.40. The molecule has 5 heteroatoms. The van der Waals surface area contributed by atoms with Crippen molar-refractivity contribution in [3.8, 4) is 0 Å². The molecule has 0 bridgehead atoms. The van der Waals surface area contributed by atoms with Crippen molar-refractivity contribution < 1.29 is 9.59 Å². The van der Waals surface area contributed by atoms with Crippen molar-refractivity contribution in [1.82, 2.24) is 10.2 Å². The minimum Gasteiger partial charge on any atom is -0.369 e. The highest BCUT2D eigenvalue weighted by Gasteiger charge is 2.36. The van der Waals surface area contributed by atoms with Crippen LogP contribution < -0.4 is 11.1 Å². The first kappa shape index (κ1) is 17.8. The third-order valence-electron chi connectivity index (χ3n) is 5.95. The van der Waals surface area contributed by atoms with Crippen LogP contribution in [0.15, 0.2) is 24.3 Å². The molecule has 0 spiro atoms. The van der Waals surface area contributed by atoms with E-state index in [9.17, 15) is 9.59 Å². The first-order chi connectivity index (χ1) is 12.0. The molecule has 1 heterocycles. The van der Waals surface area contributed by atoms with Gasteiger partial charge in [0.05, 0.1) is 0 Å². The van der Waals surface area contributed by atoms with Gasteiger partial charge in [-0.25, -0.2) is 4.79 Å². The van der Waals surface area contributed by atoms with Crippen LogP contribution in [0, 0.1) is 12.8 Å². The van der Waals surface area contributed by atoms with Crippen LogP contribution in [-0.4, -0.2) is 36.5 Å². The molecule has 0 radical (unpaired) electrons. The Balaban J connectivity index is 1.61. The van der Waals surface area contributed by atoms with Gasteiger partial charge in [-0.2, -0.15) is 0 Å². The van der Waals surface area contributed by atoms with Crippen molar-refractivity contribution in [2.45, 2.75) is 50.9 Å². The molecule has 1 aliphatic carbocycles. The number of primary amides is 1. The summed E-state index contributed by atoms with van der Waals surface area (Å²) in [6, 6.07) is 8.68. The second kappa shape index (κ2) is 7.46. The summed E-state index contributed by atoms with van der Waals surface area (Å²) in [6.45, 7) is 4.02. The number of urea groups is 1. The lowest BCUT2D eigenvalue weighted by Gasteiger charge is -2.34. The molecule has 3 rings (SSSR count). The summed E-state index contributed by atoms with van der Waals surface area (Å²) < 4.78 is 0. The van der Waals surface area contributed by atoms with Gasteiger partial charge in [0, 0.05) is 31.0 Å². The van der Waals surface area contributed by atoms with Crippen LogP contribution in [0.2, 0.25) is 0 Å². The molecule has 1 aromatic rings. The molecule has 1 saturated carbocycles. The Morgan fingerprint density at radius 3 is 2.52 bits per heavy atom. The summed E-state index contributed by atoms with van der Waals surface area (Å²) in [5.74, 6) is -0.332. The van der Waals surface area contributed by atoms with Gasteiger partial charge in [0.2, 0.25) is 5.91 Å². The smallest absolute Gasteiger partial charge is 0.317 e. The Labute approximate surface area is 150 Å². The van der Waals surface area contributed by atoms with E-state index in [1.807, 2.05) is 4.90 Å². The van der Waals surface area contributed by atoms with Gasteiger partial charge in [-0.05, 0) is 38.2 Å². The van der Waals surface area contributed by atoms with E-state index in [2.05, 4.69) is 36.5 Å². The molecule has 1 saturated heterocycles. The van der Waals surface area contributed by atoms with Crippen molar-refractivity contribution >= 4 is 11.9 Å². The summed E-state index contributed by atoms with van der Waals surface area (Å²) in [5.41, 5.74) is 8.04. The molecule has 2 aliphatic rings. The summed E-state index contributed by atoms with van der Waals surface area (Å²) in [5, 5.41) is 3.17. The fraction of sp³-hybridized carbons (Fsp3) is 0.600. The van der Waals surface area contributed by atoms with E-state index in [1.165, 1.54) is 24.0 Å². The van der Waals surface area contributed by atoms with E-state index < -0.39 is 0 Å². The lowest BCUT2D eigenvalue weighted by atomic mass is 9.78. The average Bonchev–Trinajstić information content (AvgIpc) is 3.10. The molecule has 0 aromatic heterocycles. The Morgan fingerprint density at radius 2 is 1.92 bits per heavy atom. The maximum Gasteiger partial charge on any atom is 0.317 e. The van der Waals surface area contributed by atoms with Crippen LogP contribution in [0.1, 0.15) is 49.7 Å². The maximum atomic E-state index is 12.6. The van der Waals surface area contributed by atoms with Gasteiger partial charge in [0.25, 0.3) is 0 Å². The van der Waals surface area contributed by atoms with Crippen LogP contribution in [-0.2, 0) is 10.2 Å². The largest absolute Gasteiger partial charge is 0.369 e. The first-order valence-corrected chi connectivity index (χ1v) is 9.39. The van der Waals surface area contributed by atoms with Crippen molar-refractivity contribution in [1.29, 1.82) is 0 Å². The second-order valence-corrected chi connectivity index (χ2v) is 7.68. The van der Waals surface area contributed by atoms with E-state index in [4.69, 9.17) is 5.73 Å². The van der Waals surface area contributed by atoms with E-state index in [1.54, 1.807) is 0 Å². The number of amides is 3. The Hall–Kier alpha value is -2.04. The number of carbonyl (C=O) groups is 2. The number of hydrogen-bond acceptors (Lipinski definition) is 2. The second-order valence-electron chi connectivity index (χ2n) is 7.68. The molecular formula is C20H29N3O2. The average molecular weight is 343 g/mol. The third-order valence-corrected chi connectivity index (χ3v) is 5.95. The fourth-order valence-electron chi connectivity index (χ4n) is 4.32. The van der Waals surface area contributed by atoms with E-state index in [-0.39, 0.29) is 23.3 Å². The third kappa shape index (κ3) is 3.97. The SMILES string of the molecule is Cc1cccc(C2(CNC(=O)N3CCC(C(N)=O)CC3)CCCC2)c1. The van der Waals surface area contributed by atoms with Gasteiger partial charge in [0.1, 0.15) is 0 Å². The Kier molecular flexibility index (Phi) is 5.30. The van der Waals surface area contributed by atoms with Crippen LogP contribution in [0.5, 0.6) is 0 Å². The number of nitrogens with one attached hydrogen (secondary N) is 1. The molecule has 0 unspecified atom stereocenters. The summed E-state index contributed by atoms with van der Waals surface area (Å²) in [6.07, 6.45) is 6.03. The van der Waals surface area contributed by atoms with Gasteiger partial charge >= 0.3 is 6.03 Å². The zero-order valence-corrected chi connectivity index (χ0v) is 15.1. The summed E-state index contributed by atoms with van der Waals surface area (Å²) in [4.78, 5) is 25.6. The highest BCUT2D eigenvalue weighted by atomic mass is 16.2. The number of aryl methyl sites for hydroxylation is 1. The van der Waals surface area contributed by atoms with Crippen molar-refractivity contribution in [2.24, 2.45) is 11.7 Å². The lowest BCUT2D eigenvalue weighted by molar-refractivity contribution is -0.123. The molecule has 0 atom stereocenters. The summed E-state index contributed by atoms with van der Waals surface area (Å²) >= 11 is 0. The number of carbonyl (C=O) groups excluding carboxylic acids is 2. The first-order valence-electron chi connectivity index (χ1n) is 9.39. The van der Waals surface area contributed by atoms with E-state index in [0.717, 1.165) is 12.8 Å². The van der Waals surface area contributed by atoms with Crippen LogP contribution in [0.25, 0.3) is 0 Å². The van der Waals surface area contributed by atoms with Crippen molar-refractivity contribution in [3.63, 3.8) is 0 Å². The van der Waals surface area contributed by atoms with Crippen molar-refractivity contribution in [2.75, 3.05) is 19.6 Å². The number of hydrogen-bond donors (Lipinski definition) is 2. The summed E-state index contributed by atoms with van der Waals surface area (Å²) in [7, 11) is 0. The Morgan fingerprint density at radius 1 is 1.24 bits per heavy atom. The number of nitrogens with two attached hydrogens (primary N) is 1. The molecule has 3 amide bonds. The van der Waals surface area contributed by atoms with E-state index >= 15 is 0 Å². The zero-order chi connectivity index (χ0) is 17.9. The number of likely N-dealkylation sites (tertiary alicyclic amines) is 1. The lowest BCUT2D eigenvalue weighted by Crippen LogP contribution is -2.49. The molecule has 2 fully saturated rings. The molecule has 1 aliphatic heterocycles. The predicted molar refractivity (Wildman–Crippen MR) is 98.2 cm³/mol. The van der Waals surface area contributed by atoms with Crippen LogP contribution >= 0.6 is 0 Å². The molecule has 3 N–H and O–H groups in total. The topological polar surface area (TPSA) is 75.4 Å². The van der Waals surface area contributed by atoms with Crippen LogP contribution in [0.4, 0.5) is 4.79 Å². The number of benzene rings is 1. The van der Waals surface area contributed by atoms with Crippen molar-refractivity contribution in [3.05, 3.63) is 35.4 Å². The van der Waals surface area contributed by atoms with Gasteiger partial charge in [-0.3, -0.25) is 4.79 Å². The van der Waals surface area contributed by atoms with Crippen LogP contribution in [0.3, 0.4) is 0 Å². The molecule has 5 nitrogen and oxygen atoms in total. The quantitative estimate of drug-likeness (QED) is 0.882. The number of nitrogens with zero attached hydrogens (tertiary/aromatic N) is 1. The minimum atomic E-state index is -0.246. The number of rotatable bonds is 4. The molecule has 25 heavy (non-hydrogen) atoms. The molecule has 1 aromatic carbocycles. The van der Waals surface area contributed by atoms with Gasteiger partial charge in [0.15, 0.2) is 0 Å². The molecular weight excluding hydrogens is 314 g/mol. The van der Waals surface area contributed by atoms with Gasteiger partial charge in [-0.1, -0.05) is 42.7 Å².